The zero-order valence-electron chi connectivity index (χ0n) is 11.7. The highest BCUT2D eigenvalue weighted by Gasteiger charge is 2.05. The van der Waals surface area contributed by atoms with Gasteiger partial charge >= 0.3 is 0 Å². The normalized spacial score (nSPS) is 10.2. The van der Waals surface area contributed by atoms with Crippen molar-refractivity contribution in [1.82, 2.24) is 0 Å². The number of hydrogen-bond donors (Lipinski definition) is 2. The van der Waals surface area contributed by atoms with Crippen LogP contribution in [0.5, 0.6) is 5.75 Å². The second-order valence-electron chi connectivity index (χ2n) is 4.68. The Kier molecular flexibility index (Phi) is 4.77. The molecule has 0 atom stereocenters. The summed E-state index contributed by atoms with van der Waals surface area (Å²) in [5.74, 6) is 0.186. The summed E-state index contributed by atoms with van der Waals surface area (Å²) in [5, 5.41) is 2.70. The smallest absolute Gasteiger partial charge is 0.227 e. The number of hydrogen-bond acceptors (Lipinski definition) is 3. The number of ether oxygens (including phenoxy) is 1. The lowest BCUT2D eigenvalue weighted by molar-refractivity contribution is -0.116. The van der Waals surface area contributed by atoms with Crippen molar-refractivity contribution < 1.29 is 13.9 Å². The van der Waals surface area contributed by atoms with E-state index in [1.54, 1.807) is 37.3 Å². The minimum atomic E-state index is -0.292. The van der Waals surface area contributed by atoms with Gasteiger partial charge in [0.1, 0.15) is 11.6 Å². The van der Waals surface area contributed by atoms with Crippen LogP contribution in [0.15, 0.2) is 42.5 Å². The largest absolute Gasteiger partial charge is 0.493 e. The van der Waals surface area contributed by atoms with Gasteiger partial charge in [0, 0.05) is 11.4 Å². The van der Waals surface area contributed by atoms with E-state index in [-0.39, 0.29) is 24.8 Å². The highest BCUT2D eigenvalue weighted by molar-refractivity contribution is 5.90. The van der Waals surface area contributed by atoms with Crippen molar-refractivity contribution in [2.75, 3.05) is 17.7 Å². The molecule has 0 aliphatic rings. The third-order valence-corrected chi connectivity index (χ3v) is 2.92. The molecular weight excluding hydrogens is 271 g/mol. The summed E-state index contributed by atoms with van der Waals surface area (Å²) in [4.78, 5) is 11.7. The number of benzene rings is 2. The maximum absolute atomic E-state index is 13.1. The van der Waals surface area contributed by atoms with Crippen molar-refractivity contribution in [3.8, 4) is 5.75 Å². The van der Waals surface area contributed by atoms with Gasteiger partial charge in [0.05, 0.1) is 13.0 Å². The van der Waals surface area contributed by atoms with Crippen LogP contribution in [0.1, 0.15) is 12.0 Å². The molecule has 0 unspecified atom stereocenters. The van der Waals surface area contributed by atoms with Gasteiger partial charge in [-0.1, -0.05) is 0 Å². The van der Waals surface area contributed by atoms with Crippen LogP contribution in [-0.2, 0) is 4.79 Å². The average molecular weight is 288 g/mol. The molecule has 0 bridgehead atoms. The highest BCUT2D eigenvalue weighted by atomic mass is 19.1. The molecular formula is C16H17FN2O2. The Bertz CT molecular complexity index is 627. The maximum atomic E-state index is 13.1. The van der Waals surface area contributed by atoms with Crippen molar-refractivity contribution in [1.29, 1.82) is 0 Å². The van der Waals surface area contributed by atoms with Crippen LogP contribution in [-0.4, -0.2) is 12.5 Å². The molecule has 5 heteroatoms. The first-order valence-electron chi connectivity index (χ1n) is 6.59. The molecule has 0 fully saturated rings. The van der Waals surface area contributed by atoms with Gasteiger partial charge in [-0.05, 0) is 55.0 Å². The molecule has 0 aromatic heterocycles. The number of amides is 1. The monoisotopic (exact) mass is 288 g/mol. The van der Waals surface area contributed by atoms with Crippen molar-refractivity contribution in [3.05, 3.63) is 53.8 Å². The summed E-state index contributed by atoms with van der Waals surface area (Å²) in [6.07, 6.45) is 0.209. The van der Waals surface area contributed by atoms with E-state index < -0.39 is 0 Å². The maximum Gasteiger partial charge on any atom is 0.227 e. The van der Waals surface area contributed by atoms with E-state index in [4.69, 9.17) is 10.5 Å². The van der Waals surface area contributed by atoms with E-state index in [1.807, 2.05) is 0 Å². The first-order valence-corrected chi connectivity index (χ1v) is 6.59. The number of carbonyl (C=O) groups excluding carboxylic acids is 1. The lowest BCUT2D eigenvalue weighted by Gasteiger charge is -2.08. The van der Waals surface area contributed by atoms with Gasteiger partial charge in [-0.2, -0.15) is 0 Å². The van der Waals surface area contributed by atoms with E-state index in [0.717, 1.165) is 0 Å². The van der Waals surface area contributed by atoms with Crippen LogP contribution in [0, 0.1) is 12.7 Å². The Hall–Kier alpha value is -2.56. The Morgan fingerprint density at radius 1 is 1.24 bits per heavy atom. The molecule has 3 N–H and O–H groups in total. The number of aryl methyl sites for hydroxylation is 1. The summed E-state index contributed by atoms with van der Waals surface area (Å²) >= 11 is 0. The standard InChI is InChI=1S/C16H17FN2O2/c1-11-10-13(4-7-15(11)17)19-16(20)8-9-21-14-5-2-12(18)3-6-14/h2-7,10H,8-9,18H2,1H3,(H,19,20). The Labute approximate surface area is 122 Å². The molecule has 2 rings (SSSR count). The van der Waals surface area contributed by atoms with Crippen molar-refractivity contribution in [2.45, 2.75) is 13.3 Å². The van der Waals surface area contributed by atoms with Gasteiger partial charge in [0.25, 0.3) is 0 Å². The third kappa shape index (κ3) is 4.49. The molecule has 4 nitrogen and oxygen atoms in total. The van der Waals surface area contributed by atoms with Crippen LogP contribution in [0.4, 0.5) is 15.8 Å². The third-order valence-electron chi connectivity index (χ3n) is 2.92. The van der Waals surface area contributed by atoms with Crippen LogP contribution in [0.3, 0.4) is 0 Å². The molecule has 0 spiro atoms. The Balaban J connectivity index is 1.79. The fourth-order valence-electron chi connectivity index (χ4n) is 1.77. The fraction of sp³-hybridized carbons (Fsp3) is 0.188. The van der Waals surface area contributed by atoms with Gasteiger partial charge in [-0.15, -0.1) is 0 Å². The van der Waals surface area contributed by atoms with Crippen molar-refractivity contribution in [3.63, 3.8) is 0 Å². The lowest BCUT2D eigenvalue weighted by Crippen LogP contribution is -2.15. The summed E-state index contributed by atoms with van der Waals surface area (Å²) in [5.41, 5.74) is 7.29. The molecule has 0 heterocycles. The second kappa shape index (κ2) is 6.74. The quantitative estimate of drug-likeness (QED) is 0.831. The molecule has 2 aromatic carbocycles. The molecule has 0 aliphatic carbocycles. The number of anilines is 2. The molecule has 1 amide bonds. The van der Waals surface area contributed by atoms with Gasteiger partial charge in [0.2, 0.25) is 5.91 Å². The lowest BCUT2D eigenvalue weighted by atomic mass is 10.2. The predicted octanol–water partition coefficient (Wildman–Crippen LogP) is 3.12. The van der Waals surface area contributed by atoms with Gasteiger partial charge in [0.15, 0.2) is 0 Å². The van der Waals surface area contributed by atoms with Crippen molar-refractivity contribution >= 4 is 17.3 Å². The summed E-state index contributed by atoms with van der Waals surface area (Å²) in [7, 11) is 0. The highest BCUT2D eigenvalue weighted by Crippen LogP contribution is 2.15. The van der Waals surface area contributed by atoms with E-state index >= 15 is 0 Å². The average Bonchev–Trinajstić information content (AvgIpc) is 2.45. The molecule has 0 radical (unpaired) electrons. The molecule has 2 aromatic rings. The molecule has 0 saturated heterocycles. The number of rotatable bonds is 5. The van der Waals surface area contributed by atoms with E-state index in [2.05, 4.69) is 5.32 Å². The van der Waals surface area contributed by atoms with Crippen LogP contribution >= 0.6 is 0 Å². The number of nitrogens with two attached hydrogens (primary N) is 1. The molecule has 0 aliphatic heterocycles. The van der Waals surface area contributed by atoms with E-state index in [0.29, 0.717) is 22.7 Å². The summed E-state index contributed by atoms with van der Waals surface area (Å²) in [6, 6.07) is 11.4. The summed E-state index contributed by atoms with van der Waals surface area (Å²) < 4.78 is 18.5. The minimum Gasteiger partial charge on any atom is -0.493 e. The summed E-state index contributed by atoms with van der Waals surface area (Å²) in [6.45, 7) is 1.91. The Morgan fingerprint density at radius 3 is 2.62 bits per heavy atom. The topological polar surface area (TPSA) is 64.3 Å². The fourth-order valence-corrected chi connectivity index (χ4v) is 1.77. The van der Waals surface area contributed by atoms with E-state index in [9.17, 15) is 9.18 Å². The van der Waals surface area contributed by atoms with Crippen LogP contribution < -0.4 is 15.8 Å². The molecule has 0 saturated carbocycles. The number of nitrogens with one attached hydrogen (secondary N) is 1. The number of carbonyl (C=O) groups is 1. The number of nitrogen functional groups attached to an aromatic ring is 1. The van der Waals surface area contributed by atoms with Gasteiger partial charge in [-0.25, -0.2) is 4.39 Å². The first-order chi connectivity index (χ1) is 10.0. The predicted molar refractivity (Wildman–Crippen MR) is 80.7 cm³/mol. The SMILES string of the molecule is Cc1cc(NC(=O)CCOc2ccc(N)cc2)ccc1F. The number of halogens is 1. The molecule has 110 valence electrons. The zero-order chi connectivity index (χ0) is 15.2. The van der Waals surface area contributed by atoms with Gasteiger partial charge < -0.3 is 15.8 Å². The van der Waals surface area contributed by atoms with Crippen molar-refractivity contribution in [2.24, 2.45) is 0 Å². The van der Waals surface area contributed by atoms with Crippen LogP contribution in [0.2, 0.25) is 0 Å². The zero-order valence-corrected chi connectivity index (χ0v) is 11.7. The Morgan fingerprint density at radius 2 is 1.95 bits per heavy atom. The van der Waals surface area contributed by atoms with Crippen LogP contribution in [0.25, 0.3) is 0 Å². The minimum absolute atomic E-state index is 0.184. The van der Waals surface area contributed by atoms with E-state index in [1.165, 1.54) is 12.1 Å². The second-order valence-corrected chi connectivity index (χ2v) is 4.68. The van der Waals surface area contributed by atoms with Gasteiger partial charge in [-0.3, -0.25) is 4.79 Å². The molecule has 21 heavy (non-hydrogen) atoms. The first kappa shape index (κ1) is 14.8.